The van der Waals surface area contributed by atoms with Gasteiger partial charge in [0, 0.05) is 0 Å². The Morgan fingerprint density at radius 1 is 1.50 bits per heavy atom. The minimum Gasteiger partial charge on any atom is -0.251 e. The fourth-order valence-electron chi connectivity index (χ4n) is 1.64. The molecule has 0 radical (unpaired) electrons. The molecule has 0 bridgehead atoms. The van der Waals surface area contributed by atoms with E-state index in [0.717, 1.165) is 31.3 Å². The highest BCUT2D eigenvalue weighted by Gasteiger charge is 2.17. The van der Waals surface area contributed by atoms with Crippen molar-refractivity contribution in [1.29, 1.82) is 0 Å². The predicted octanol–water partition coefficient (Wildman–Crippen LogP) is 2.78. The molecule has 1 saturated carbocycles. The van der Waals surface area contributed by atoms with Gasteiger partial charge in [-0.2, -0.15) is 0 Å². The molecule has 0 unspecified atom stereocenters. The Hall–Kier alpha value is -0.600. The van der Waals surface area contributed by atoms with Gasteiger partial charge in [-0.3, -0.25) is 5.26 Å². The molecule has 0 aromatic heterocycles. The first-order valence-corrected chi connectivity index (χ1v) is 4.34. The highest BCUT2D eigenvalue weighted by Crippen LogP contribution is 2.31. The maximum Gasteiger partial charge on any atom is 0.103 e. The molecule has 0 atom stereocenters. The van der Waals surface area contributed by atoms with E-state index in [1.54, 1.807) is 0 Å². The smallest absolute Gasteiger partial charge is 0.103 e. The van der Waals surface area contributed by atoms with Gasteiger partial charge in [0.2, 0.25) is 0 Å². The van der Waals surface area contributed by atoms with E-state index in [4.69, 9.17) is 5.26 Å². The van der Waals surface area contributed by atoms with Gasteiger partial charge in [-0.1, -0.05) is 18.7 Å². The number of rotatable bonds is 3. The number of hydrogen-bond donors (Lipinski definition) is 1. The summed E-state index contributed by atoms with van der Waals surface area (Å²) in [7, 11) is 0. The normalized spacial score (nSPS) is 19.6. The van der Waals surface area contributed by atoms with Crippen molar-refractivity contribution in [1.82, 2.24) is 0 Å². The van der Waals surface area contributed by atoms with Crippen LogP contribution in [0.15, 0.2) is 24.3 Å². The molecule has 1 aliphatic rings. The van der Waals surface area contributed by atoms with E-state index in [2.05, 4.69) is 18.0 Å². The lowest BCUT2D eigenvalue weighted by atomic mass is 9.82. The molecular formula is C10H16O2. The zero-order valence-corrected chi connectivity index (χ0v) is 7.38. The lowest BCUT2D eigenvalue weighted by Gasteiger charge is -2.24. The van der Waals surface area contributed by atoms with E-state index >= 15 is 0 Å². The molecule has 0 heterocycles. The van der Waals surface area contributed by atoms with E-state index < -0.39 is 0 Å². The van der Waals surface area contributed by atoms with E-state index in [1.165, 1.54) is 5.57 Å². The third kappa shape index (κ3) is 2.47. The lowest BCUT2D eigenvalue weighted by molar-refractivity contribution is -0.235. The zero-order chi connectivity index (χ0) is 8.97. The first-order chi connectivity index (χ1) is 5.74. The minimum atomic E-state index is 0.275. The minimum absolute atomic E-state index is 0.275. The van der Waals surface area contributed by atoms with Crippen LogP contribution in [0.1, 0.15) is 25.7 Å². The van der Waals surface area contributed by atoms with Gasteiger partial charge in [-0.05, 0) is 37.2 Å². The third-order valence-electron chi connectivity index (χ3n) is 2.52. The summed E-state index contributed by atoms with van der Waals surface area (Å²) in [6.07, 6.45) is 4.41. The summed E-state index contributed by atoms with van der Waals surface area (Å²) in [4.78, 5) is 4.06. The van der Waals surface area contributed by atoms with E-state index in [0.29, 0.717) is 5.92 Å². The predicted molar refractivity (Wildman–Crippen MR) is 48.8 cm³/mol. The van der Waals surface area contributed by atoms with Gasteiger partial charge in [0.05, 0.1) is 0 Å². The highest BCUT2D eigenvalue weighted by molar-refractivity contribution is 5.08. The molecule has 0 amide bonds. The topological polar surface area (TPSA) is 29.5 Å². The van der Waals surface area contributed by atoms with Gasteiger partial charge < -0.3 is 0 Å². The summed E-state index contributed by atoms with van der Waals surface area (Å²) in [5, 5.41) is 8.24. The van der Waals surface area contributed by atoms with E-state index in [-0.39, 0.29) is 6.61 Å². The summed E-state index contributed by atoms with van der Waals surface area (Å²) in [5.41, 5.74) is 2.34. The van der Waals surface area contributed by atoms with Crippen LogP contribution in [-0.4, -0.2) is 11.9 Å². The Morgan fingerprint density at radius 3 is 2.58 bits per heavy atom. The zero-order valence-electron chi connectivity index (χ0n) is 7.38. The molecule has 0 saturated heterocycles. The van der Waals surface area contributed by atoms with Crippen LogP contribution in [0.4, 0.5) is 0 Å². The van der Waals surface area contributed by atoms with Crippen molar-refractivity contribution in [2.24, 2.45) is 5.92 Å². The average molecular weight is 168 g/mol. The van der Waals surface area contributed by atoms with E-state index in [1.807, 2.05) is 0 Å². The molecule has 1 N–H and O–H groups in total. The Morgan fingerprint density at radius 2 is 2.08 bits per heavy atom. The summed E-state index contributed by atoms with van der Waals surface area (Å²) >= 11 is 0. The van der Waals surface area contributed by atoms with Gasteiger partial charge in [0.25, 0.3) is 0 Å². The Kier molecular flexibility index (Phi) is 3.50. The molecule has 1 fully saturated rings. The average Bonchev–Trinajstić information content (AvgIpc) is 2.06. The second-order valence-electron chi connectivity index (χ2n) is 3.46. The summed E-state index contributed by atoms with van der Waals surface area (Å²) in [5.74, 6) is 0.516. The molecule has 0 spiro atoms. The standard InChI is InChI=1S/C10H16O2/c1-8-3-5-10(6-4-8)9(2)7-12-11/h10-11H,1-7H2. The molecule has 0 aromatic rings. The molecule has 0 aromatic carbocycles. The van der Waals surface area contributed by atoms with Crippen molar-refractivity contribution in [2.45, 2.75) is 25.7 Å². The van der Waals surface area contributed by atoms with Gasteiger partial charge in [0.1, 0.15) is 6.61 Å². The highest BCUT2D eigenvalue weighted by atomic mass is 17.1. The summed E-state index contributed by atoms with van der Waals surface area (Å²) in [6.45, 7) is 8.10. The first kappa shape index (κ1) is 9.49. The molecule has 1 rings (SSSR count). The van der Waals surface area contributed by atoms with E-state index in [9.17, 15) is 0 Å². The van der Waals surface area contributed by atoms with Crippen LogP contribution in [-0.2, 0) is 4.89 Å². The monoisotopic (exact) mass is 168 g/mol. The SMILES string of the molecule is C=C1CCC(C(=C)COO)CC1. The van der Waals surface area contributed by atoms with Crippen molar-refractivity contribution >= 4 is 0 Å². The Balaban J connectivity index is 2.33. The molecular weight excluding hydrogens is 152 g/mol. The van der Waals surface area contributed by atoms with Gasteiger partial charge in [-0.15, -0.1) is 0 Å². The second-order valence-corrected chi connectivity index (χ2v) is 3.46. The Labute approximate surface area is 73.5 Å². The van der Waals surface area contributed by atoms with Crippen LogP contribution in [0.25, 0.3) is 0 Å². The number of hydrogen-bond acceptors (Lipinski definition) is 2. The Bertz CT molecular complexity index is 174. The summed E-state index contributed by atoms with van der Waals surface area (Å²) < 4.78 is 0. The maximum atomic E-state index is 8.24. The maximum absolute atomic E-state index is 8.24. The fourth-order valence-corrected chi connectivity index (χ4v) is 1.64. The van der Waals surface area contributed by atoms with Crippen LogP contribution in [0, 0.1) is 5.92 Å². The van der Waals surface area contributed by atoms with Crippen LogP contribution in [0.5, 0.6) is 0 Å². The molecule has 2 heteroatoms. The van der Waals surface area contributed by atoms with Crippen molar-refractivity contribution in [3.63, 3.8) is 0 Å². The van der Waals surface area contributed by atoms with Crippen molar-refractivity contribution < 1.29 is 10.1 Å². The lowest BCUT2D eigenvalue weighted by Crippen LogP contribution is -2.12. The fraction of sp³-hybridized carbons (Fsp3) is 0.600. The van der Waals surface area contributed by atoms with Gasteiger partial charge >= 0.3 is 0 Å². The van der Waals surface area contributed by atoms with Crippen molar-refractivity contribution in [3.8, 4) is 0 Å². The molecule has 0 aliphatic heterocycles. The number of allylic oxidation sites excluding steroid dienone is 1. The van der Waals surface area contributed by atoms with Crippen LogP contribution in [0.2, 0.25) is 0 Å². The van der Waals surface area contributed by atoms with Crippen LogP contribution >= 0.6 is 0 Å². The molecule has 2 nitrogen and oxygen atoms in total. The molecule has 12 heavy (non-hydrogen) atoms. The van der Waals surface area contributed by atoms with Crippen LogP contribution < -0.4 is 0 Å². The first-order valence-electron chi connectivity index (χ1n) is 4.34. The molecule has 1 aliphatic carbocycles. The summed E-state index contributed by atoms with van der Waals surface area (Å²) in [6, 6.07) is 0. The van der Waals surface area contributed by atoms with Crippen molar-refractivity contribution in [3.05, 3.63) is 24.3 Å². The van der Waals surface area contributed by atoms with Crippen LogP contribution in [0.3, 0.4) is 0 Å². The quantitative estimate of drug-likeness (QED) is 0.399. The van der Waals surface area contributed by atoms with Crippen molar-refractivity contribution in [2.75, 3.05) is 6.61 Å². The van der Waals surface area contributed by atoms with Gasteiger partial charge in [0.15, 0.2) is 0 Å². The van der Waals surface area contributed by atoms with Gasteiger partial charge in [-0.25, -0.2) is 4.89 Å². The molecule has 68 valence electrons. The second kappa shape index (κ2) is 4.43. The largest absolute Gasteiger partial charge is 0.251 e. The third-order valence-corrected chi connectivity index (χ3v) is 2.52.